The molecule has 35 heavy (non-hydrogen) atoms. The molecule has 3 aromatic carbocycles. The van der Waals surface area contributed by atoms with E-state index in [0.717, 1.165) is 46.5 Å². The van der Waals surface area contributed by atoms with Crippen LogP contribution in [0.3, 0.4) is 0 Å². The molecule has 0 saturated heterocycles. The van der Waals surface area contributed by atoms with Crippen LogP contribution in [-0.2, 0) is 13.0 Å². The lowest BCUT2D eigenvalue weighted by Crippen LogP contribution is -2.24. The lowest BCUT2D eigenvalue weighted by Gasteiger charge is -2.11. The van der Waals surface area contributed by atoms with Crippen molar-refractivity contribution in [3.63, 3.8) is 0 Å². The number of rotatable bonds is 7. The fraction of sp³-hybridized carbons (Fsp3) is 0.179. The molecule has 0 aliphatic heterocycles. The van der Waals surface area contributed by atoms with Gasteiger partial charge in [0.05, 0.1) is 11.3 Å². The number of amides is 1. The molecule has 1 amide bonds. The van der Waals surface area contributed by atoms with Gasteiger partial charge in [0.1, 0.15) is 0 Å². The summed E-state index contributed by atoms with van der Waals surface area (Å²) in [4.78, 5) is 24.2. The summed E-state index contributed by atoms with van der Waals surface area (Å²) in [7, 11) is 0. The average molecular weight is 467 g/mol. The number of carbonyl (C=O) groups is 2. The maximum Gasteiger partial charge on any atom is 0.337 e. The Morgan fingerprint density at radius 3 is 2.63 bits per heavy atom. The molecule has 1 heterocycles. The first-order valence-corrected chi connectivity index (χ1v) is 11.6. The Bertz CT molecular complexity index is 1390. The molecule has 0 fully saturated rings. The van der Waals surface area contributed by atoms with E-state index in [1.165, 1.54) is 0 Å². The van der Waals surface area contributed by atoms with Crippen molar-refractivity contribution in [1.82, 2.24) is 15.5 Å². The molecule has 7 heteroatoms. The zero-order valence-corrected chi connectivity index (χ0v) is 19.3. The standard InChI is InChI=1S/C28H26N4O3/c1-17-9-14-24-25(17)26(32-31-24)27(33)29-16-18-5-4-6-20(15-18)19-10-12-21(13-11-19)30-23-8-3-2-7-22(23)28(34)35/h2-8,10-13,15,17,30H,9,14,16H2,1H3,(H,29,33)(H,31,32)(H,34,35). The van der Waals surface area contributed by atoms with Gasteiger partial charge in [-0.2, -0.15) is 5.10 Å². The minimum atomic E-state index is -0.972. The molecule has 5 rings (SSSR count). The fourth-order valence-corrected chi connectivity index (χ4v) is 4.59. The summed E-state index contributed by atoms with van der Waals surface area (Å²) in [6, 6.07) is 22.7. The molecule has 1 aromatic heterocycles. The number of anilines is 2. The first kappa shape index (κ1) is 22.4. The number of hydrogen-bond acceptors (Lipinski definition) is 4. The van der Waals surface area contributed by atoms with E-state index in [1.54, 1.807) is 24.3 Å². The summed E-state index contributed by atoms with van der Waals surface area (Å²) in [5, 5.41) is 22.8. The molecule has 1 aliphatic rings. The number of aromatic carboxylic acids is 1. The van der Waals surface area contributed by atoms with E-state index in [4.69, 9.17) is 0 Å². The number of aromatic amines is 1. The van der Waals surface area contributed by atoms with Crippen LogP contribution < -0.4 is 10.6 Å². The van der Waals surface area contributed by atoms with Crippen molar-refractivity contribution in [3.8, 4) is 11.1 Å². The first-order valence-electron chi connectivity index (χ1n) is 11.6. The highest BCUT2D eigenvalue weighted by molar-refractivity contribution is 5.95. The molecule has 4 N–H and O–H groups in total. The summed E-state index contributed by atoms with van der Waals surface area (Å²) >= 11 is 0. The van der Waals surface area contributed by atoms with Crippen LogP contribution in [0.5, 0.6) is 0 Å². The average Bonchev–Trinajstić information content (AvgIpc) is 3.46. The van der Waals surface area contributed by atoms with Gasteiger partial charge in [0.15, 0.2) is 5.69 Å². The predicted octanol–water partition coefficient (Wildman–Crippen LogP) is 5.50. The van der Waals surface area contributed by atoms with Gasteiger partial charge in [-0.15, -0.1) is 0 Å². The van der Waals surface area contributed by atoms with Crippen molar-refractivity contribution in [2.45, 2.75) is 32.2 Å². The number of fused-ring (bicyclic) bond motifs is 1. The number of aromatic nitrogens is 2. The van der Waals surface area contributed by atoms with Gasteiger partial charge in [0, 0.05) is 23.5 Å². The minimum Gasteiger partial charge on any atom is -0.478 e. The number of hydrogen-bond donors (Lipinski definition) is 4. The van der Waals surface area contributed by atoms with E-state index in [9.17, 15) is 14.7 Å². The normalized spacial score (nSPS) is 14.4. The van der Waals surface area contributed by atoms with Crippen LogP contribution in [0.15, 0.2) is 72.8 Å². The van der Waals surface area contributed by atoms with E-state index in [0.29, 0.717) is 23.8 Å². The van der Waals surface area contributed by atoms with Gasteiger partial charge in [-0.1, -0.05) is 49.4 Å². The molecular weight excluding hydrogens is 440 g/mol. The highest BCUT2D eigenvalue weighted by atomic mass is 16.4. The van der Waals surface area contributed by atoms with Crippen molar-refractivity contribution in [2.75, 3.05) is 5.32 Å². The summed E-state index contributed by atoms with van der Waals surface area (Å²) in [5.74, 6) is -0.776. The summed E-state index contributed by atoms with van der Waals surface area (Å²) in [6.45, 7) is 2.54. The molecule has 0 radical (unpaired) electrons. The van der Waals surface area contributed by atoms with Gasteiger partial charge in [0.2, 0.25) is 0 Å². The highest BCUT2D eigenvalue weighted by Crippen LogP contribution is 2.33. The molecule has 1 atom stereocenters. The van der Waals surface area contributed by atoms with Gasteiger partial charge in [0.25, 0.3) is 5.91 Å². The van der Waals surface area contributed by atoms with Gasteiger partial charge in [-0.25, -0.2) is 4.79 Å². The molecule has 0 spiro atoms. The van der Waals surface area contributed by atoms with E-state index >= 15 is 0 Å². The molecular formula is C28H26N4O3. The maximum absolute atomic E-state index is 12.8. The van der Waals surface area contributed by atoms with Crippen molar-refractivity contribution in [3.05, 3.63) is 101 Å². The van der Waals surface area contributed by atoms with Crippen molar-refractivity contribution in [2.24, 2.45) is 0 Å². The van der Waals surface area contributed by atoms with Gasteiger partial charge in [-0.3, -0.25) is 9.89 Å². The molecule has 1 aliphatic carbocycles. The maximum atomic E-state index is 12.8. The third kappa shape index (κ3) is 4.66. The number of benzene rings is 3. The molecule has 1 unspecified atom stereocenters. The van der Waals surface area contributed by atoms with Crippen LogP contribution >= 0.6 is 0 Å². The Morgan fingerprint density at radius 2 is 1.83 bits per heavy atom. The Balaban J connectivity index is 1.26. The second-order valence-corrected chi connectivity index (χ2v) is 8.84. The number of aryl methyl sites for hydroxylation is 1. The molecule has 4 aromatic rings. The quantitative estimate of drug-likeness (QED) is 0.288. The second-order valence-electron chi connectivity index (χ2n) is 8.84. The lowest BCUT2D eigenvalue weighted by molar-refractivity contribution is 0.0697. The van der Waals surface area contributed by atoms with Crippen molar-refractivity contribution < 1.29 is 14.7 Å². The zero-order chi connectivity index (χ0) is 24.4. The van der Waals surface area contributed by atoms with Crippen LogP contribution in [0.1, 0.15) is 56.9 Å². The molecule has 176 valence electrons. The van der Waals surface area contributed by atoms with Crippen LogP contribution in [0.25, 0.3) is 11.1 Å². The third-order valence-electron chi connectivity index (χ3n) is 6.45. The predicted molar refractivity (Wildman–Crippen MR) is 135 cm³/mol. The third-order valence-corrected chi connectivity index (χ3v) is 6.45. The molecule has 0 saturated carbocycles. The number of nitrogens with zero attached hydrogens (tertiary/aromatic N) is 1. The summed E-state index contributed by atoms with van der Waals surface area (Å²) in [5.41, 5.74) is 7.25. The largest absolute Gasteiger partial charge is 0.478 e. The fourth-order valence-electron chi connectivity index (χ4n) is 4.59. The van der Waals surface area contributed by atoms with Crippen molar-refractivity contribution >= 4 is 23.3 Å². The van der Waals surface area contributed by atoms with Gasteiger partial charge in [-0.05, 0) is 65.8 Å². The Morgan fingerprint density at radius 1 is 1.03 bits per heavy atom. The number of carbonyl (C=O) groups excluding carboxylic acids is 1. The Hall–Kier alpha value is -4.39. The van der Waals surface area contributed by atoms with Gasteiger partial charge >= 0.3 is 5.97 Å². The number of H-pyrrole nitrogens is 1. The number of nitrogens with one attached hydrogen (secondary N) is 3. The van der Waals surface area contributed by atoms with E-state index in [2.05, 4.69) is 33.8 Å². The molecule has 7 nitrogen and oxygen atoms in total. The summed E-state index contributed by atoms with van der Waals surface area (Å²) < 4.78 is 0. The number of para-hydroxylation sites is 1. The van der Waals surface area contributed by atoms with Crippen LogP contribution in [-0.4, -0.2) is 27.2 Å². The topological polar surface area (TPSA) is 107 Å². The Kier molecular flexibility index (Phi) is 6.06. The lowest BCUT2D eigenvalue weighted by atomic mass is 10.0. The minimum absolute atomic E-state index is 0.154. The van der Waals surface area contributed by atoms with Crippen LogP contribution in [0.2, 0.25) is 0 Å². The summed E-state index contributed by atoms with van der Waals surface area (Å²) in [6.07, 6.45) is 1.99. The Labute approximate surface area is 203 Å². The monoisotopic (exact) mass is 466 g/mol. The van der Waals surface area contributed by atoms with Crippen LogP contribution in [0, 0.1) is 0 Å². The number of carboxylic acids is 1. The second kappa shape index (κ2) is 9.46. The number of carboxylic acid groups (broad SMARTS) is 1. The molecule has 0 bridgehead atoms. The smallest absolute Gasteiger partial charge is 0.337 e. The zero-order valence-electron chi connectivity index (χ0n) is 19.3. The van der Waals surface area contributed by atoms with Gasteiger partial charge < -0.3 is 15.7 Å². The van der Waals surface area contributed by atoms with Crippen molar-refractivity contribution in [1.29, 1.82) is 0 Å². The van der Waals surface area contributed by atoms with Crippen LogP contribution in [0.4, 0.5) is 11.4 Å². The SMILES string of the molecule is CC1CCc2[nH]nc(C(=O)NCc3cccc(-c4ccc(Nc5ccccc5C(=O)O)cc4)c3)c21. The van der Waals surface area contributed by atoms with E-state index in [-0.39, 0.29) is 11.5 Å². The first-order chi connectivity index (χ1) is 17.0. The van der Waals surface area contributed by atoms with E-state index < -0.39 is 5.97 Å². The highest BCUT2D eigenvalue weighted by Gasteiger charge is 2.28. The van der Waals surface area contributed by atoms with E-state index in [1.807, 2.05) is 42.5 Å².